The number of aryl methyl sites for hydroxylation is 1. The van der Waals surface area contributed by atoms with E-state index in [1.54, 1.807) is 11.1 Å². The lowest BCUT2D eigenvalue weighted by atomic mass is 9.99. The van der Waals surface area contributed by atoms with Gasteiger partial charge >= 0.3 is 0 Å². The van der Waals surface area contributed by atoms with Crippen molar-refractivity contribution in [2.75, 3.05) is 13.1 Å². The molecule has 2 N–H and O–H groups in total. The Labute approximate surface area is 107 Å². The van der Waals surface area contributed by atoms with E-state index in [9.17, 15) is 4.79 Å². The number of rotatable bonds is 3. The van der Waals surface area contributed by atoms with Crippen molar-refractivity contribution >= 4 is 5.91 Å². The van der Waals surface area contributed by atoms with Crippen LogP contribution in [0.4, 0.5) is 0 Å². The van der Waals surface area contributed by atoms with Crippen LogP contribution in [0.15, 0.2) is 12.4 Å². The molecule has 0 radical (unpaired) electrons. The first-order chi connectivity index (χ1) is 8.61. The summed E-state index contributed by atoms with van der Waals surface area (Å²) >= 11 is 0. The summed E-state index contributed by atoms with van der Waals surface area (Å²) in [6, 6.07) is 0.0901. The number of hydrogen-bond donors (Lipinski definition) is 1. The first kappa shape index (κ1) is 13.0. The standard InChI is InChI=1S/C13H20N4O/c1-3-4-10-7-17(8-11(10)14)13(18)12-6-15-9(2)5-16-12/h5-6,10-11H,3-4,7-8,14H2,1-2H3/t10-,11-/m0/s1. The summed E-state index contributed by atoms with van der Waals surface area (Å²) in [6.07, 6.45) is 5.33. The lowest BCUT2D eigenvalue weighted by Gasteiger charge is -2.15. The summed E-state index contributed by atoms with van der Waals surface area (Å²) in [6.45, 7) is 5.36. The van der Waals surface area contributed by atoms with Crippen LogP contribution in [-0.2, 0) is 0 Å². The summed E-state index contributed by atoms with van der Waals surface area (Å²) in [5, 5.41) is 0. The molecule has 0 spiro atoms. The molecule has 0 unspecified atom stereocenters. The van der Waals surface area contributed by atoms with Crippen molar-refractivity contribution in [1.29, 1.82) is 0 Å². The van der Waals surface area contributed by atoms with Crippen LogP contribution >= 0.6 is 0 Å². The van der Waals surface area contributed by atoms with Crippen LogP contribution in [0.5, 0.6) is 0 Å². The number of carbonyl (C=O) groups excluding carboxylic acids is 1. The Bertz CT molecular complexity index is 418. The maximum absolute atomic E-state index is 12.2. The van der Waals surface area contributed by atoms with Gasteiger partial charge in [-0.3, -0.25) is 9.78 Å². The fraction of sp³-hybridized carbons (Fsp3) is 0.615. The molecule has 0 aromatic carbocycles. The topological polar surface area (TPSA) is 72.1 Å². The number of nitrogens with two attached hydrogens (primary N) is 1. The van der Waals surface area contributed by atoms with Crippen LogP contribution < -0.4 is 5.73 Å². The predicted octanol–water partition coefficient (Wildman–Crippen LogP) is 0.984. The average Bonchev–Trinajstić information content (AvgIpc) is 2.72. The zero-order valence-electron chi connectivity index (χ0n) is 11.0. The number of aromatic nitrogens is 2. The van der Waals surface area contributed by atoms with Gasteiger partial charge in [0.05, 0.1) is 11.9 Å². The molecule has 2 atom stereocenters. The first-order valence-electron chi connectivity index (χ1n) is 6.45. The zero-order chi connectivity index (χ0) is 13.1. The number of amides is 1. The molecule has 2 rings (SSSR count). The third-order valence-electron chi connectivity index (χ3n) is 3.44. The van der Waals surface area contributed by atoms with Gasteiger partial charge in [-0.1, -0.05) is 13.3 Å². The van der Waals surface area contributed by atoms with Gasteiger partial charge < -0.3 is 10.6 Å². The second-order valence-electron chi connectivity index (χ2n) is 4.97. The van der Waals surface area contributed by atoms with E-state index in [2.05, 4.69) is 16.9 Å². The molecule has 0 aliphatic carbocycles. The molecular formula is C13H20N4O. The number of carbonyl (C=O) groups is 1. The van der Waals surface area contributed by atoms with Crippen LogP contribution in [0.25, 0.3) is 0 Å². The Hall–Kier alpha value is -1.49. The Kier molecular flexibility index (Phi) is 3.91. The van der Waals surface area contributed by atoms with Gasteiger partial charge in [0.1, 0.15) is 5.69 Å². The molecule has 1 fully saturated rings. The molecule has 1 aliphatic rings. The highest BCUT2D eigenvalue weighted by atomic mass is 16.2. The second kappa shape index (κ2) is 5.44. The Balaban J connectivity index is 2.04. The maximum Gasteiger partial charge on any atom is 0.274 e. The fourth-order valence-electron chi connectivity index (χ4n) is 2.40. The van der Waals surface area contributed by atoms with Gasteiger partial charge in [0.25, 0.3) is 5.91 Å². The van der Waals surface area contributed by atoms with Crippen molar-refractivity contribution in [2.45, 2.75) is 32.7 Å². The molecule has 1 aromatic heterocycles. The monoisotopic (exact) mass is 248 g/mol. The second-order valence-corrected chi connectivity index (χ2v) is 4.97. The van der Waals surface area contributed by atoms with Crippen LogP contribution in [0.1, 0.15) is 35.9 Å². The molecule has 1 aliphatic heterocycles. The van der Waals surface area contributed by atoms with Crippen LogP contribution in [-0.4, -0.2) is 39.9 Å². The summed E-state index contributed by atoms with van der Waals surface area (Å²) in [5.41, 5.74) is 7.29. The van der Waals surface area contributed by atoms with Crippen LogP contribution in [0.3, 0.4) is 0 Å². The number of likely N-dealkylation sites (tertiary alicyclic amines) is 1. The first-order valence-corrected chi connectivity index (χ1v) is 6.45. The highest BCUT2D eigenvalue weighted by molar-refractivity contribution is 5.92. The van der Waals surface area contributed by atoms with Gasteiger partial charge in [0.15, 0.2) is 0 Å². The van der Waals surface area contributed by atoms with Crippen LogP contribution in [0, 0.1) is 12.8 Å². The molecule has 5 heteroatoms. The summed E-state index contributed by atoms with van der Waals surface area (Å²) in [5.74, 6) is 0.355. The van der Waals surface area contributed by atoms with Gasteiger partial charge in [-0.05, 0) is 19.3 Å². The highest BCUT2D eigenvalue weighted by Gasteiger charge is 2.33. The molecule has 18 heavy (non-hydrogen) atoms. The Morgan fingerprint density at radius 3 is 2.83 bits per heavy atom. The maximum atomic E-state index is 12.2. The minimum Gasteiger partial charge on any atom is -0.335 e. The van der Waals surface area contributed by atoms with Crippen molar-refractivity contribution in [3.05, 3.63) is 23.8 Å². The smallest absolute Gasteiger partial charge is 0.274 e. The summed E-state index contributed by atoms with van der Waals surface area (Å²) in [4.78, 5) is 22.2. The Morgan fingerprint density at radius 2 is 2.22 bits per heavy atom. The van der Waals surface area contributed by atoms with Crippen molar-refractivity contribution in [2.24, 2.45) is 11.7 Å². The molecule has 5 nitrogen and oxygen atoms in total. The third kappa shape index (κ3) is 2.67. The minimum absolute atomic E-state index is 0.0587. The van der Waals surface area contributed by atoms with E-state index in [-0.39, 0.29) is 11.9 Å². The number of nitrogens with zero attached hydrogens (tertiary/aromatic N) is 3. The quantitative estimate of drug-likeness (QED) is 0.865. The fourth-order valence-corrected chi connectivity index (χ4v) is 2.40. The molecule has 1 saturated heterocycles. The molecule has 1 aromatic rings. The average molecular weight is 248 g/mol. The van der Waals surface area contributed by atoms with Crippen LogP contribution in [0.2, 0.25) is 0 Å². The Morgan fingerprint density at radius 1 is 1.44 bits per heavy atom. The van der Waals surface area contributed by atoms with Crippen molar-refractivity contribution in [3.63, 3.8) is 0 Å². The van der Waals surface area contributed by atoms with Crippen molar-refractivity contribution in [3.8, 4) is 0 Å². The molecule has 2 heterocycles. The van der Waals surface area contributed by atoms with Crippen molar-refractivity contribution in [1.82, 2.24) is 14.9 Å². The highest BCUT2D eigenvalue weighted by Crippen LogP contribution is 2.21. The number of hydrogen-bond acceptors (Lipinski definition) is 4. The molecule has 0 saturated carbocycles. The van der Waals surface area contributed by atoms with E-state index >= 15 is 0 Å². The van der Waals surface area contributed by atoms with Gasteiger partial charge in [-0.25, -0.2) is 4.98 Å². The van der Waals surface area contributed by atoms with Gasteiger partial charge in [-0.15, -0.1) is 0 Å². The van der Waals surface area contributed by atoms with Gasteiger partial charge in [0.2, 0.25) is 0 Å². The van der Waals surface area contributed by atoms with E-state index in [4.69, 9.17) is 5.73 Å². The van der Waals surface area contributed by atoms with Gasteiger partial charge in [0, 0.05) is 25.3 Å². The molecular weight excluding hydrogens is 228 g/mol. The van der Waals surface area contributed by atoms with E-state index < -0.39 is 0 Å². The minimum atomic E-state index is -0.0587. The van der Waals surface area contributed by atoms with E-state index in [0.29, 0.717) is 18.2 Å². The van der Waals surface area contributed by atoms with E-state index in [1.807, 2.05) is 6.92 Å². The lowest BCUT2D eigenvalue weighted by molar-refractivity contribution is 0.0779. The normalized spacial score (nSPS) is 23.4. The SMILES string of the molecule is CCC[C@H]1CN(C(=O)c2cnc(C)cn2)C[C@@H]1N. The molecule has 98 valence electrons. The molecule has 1 amide bonds. The summed E-state index contributed by atoms with van der Waals surface area (Å²) in [7, 11) is 0. The predicted molar refractivity (Wildman–Crippen MR) is 69.0 cm³/mol. The van der Waals surface area contributed by atoms with E-state index in [0.717, 1.165) is 25.1 Å². The van der Waals surface area contributed by atoms with E-state index in [1.165, 1.54) is 6.20 Å². The lowest BCUT2D eigenvalue weighted by Crippen LogP contribution is -2.32. The zero-order valence-corrected chi connectivity index (χ0v) is 11.0. The molecule has 0 bridgehead atoms. The van der Waals surface area contributed by atoms with Crippen molar-refractivity contribution < 1.29 is 4.79 Å². The summed E-state index contributed by atoms with van der Waals surface area (Å²) < 4.78 is 0. The van der Waals surface area contributed by atoms with Gasteiger partial charge in [-0.2, -0.15) is 0 Å². The third-order valence-corrected chi connectivity index (χ3v) is 3.44. The largest absolute Gasteiger partial charge is 0.335 e.